The number of fused-ring (bicyclic) bond motifs is 1. The van der Waals surface area contributed by atoms with Gasteiger partial charge in [-0.2, -0.15) is 0 Å². The van der Waals surface area contributed by atoms with E-state index in [1.54, 1.807) is 19.1 Å². The minimum atomic E-state index is -1.48. The Hall–Kier alpha value is -1.62. The first-order valence-corrected chi connectivity index (χ1v) is 6.78. The van der Waals surface area contributed by atoms with Crippen molar-refractivity contribution in [2.75, 3.05) is 6.61 Å². The van der Waals surface area contributed by atoms with Crippen LogP contribution in [0.4, 0.5) is 0 Å². The minimum absolute atomic E-state index is 0.195. The standard InChI is InChI=1S/C14H17ClN2O3/c1-5-20-12(19)14(4)10-8(6-7-9(15)16-10)13(2,3)17-11(14)18/h6-7H,5H2,1-4H3,(H,17,18). The molecule has 108 valence electrons. The van der Waals surface area contributed by atoms with Gasteiger partial charge >= 0.3 is 5.97 Å². The Morgan fingerprint density at radius 2 is 2.05 bits per heavy atom. The minimum Gasteiger partial charge on any atom is -0.465 e. The predicted octanol–water partition coefficient (Wildman–Crippen LogP) is 1.92. The van der Waals surface area contributed by atoms with Crippen LogP contribution in [-0.4, -0.2) is 23.5 Å². The summed E-state index contributed by atoms with van der Waals surface area (Å²) in [5.74, 6) is -1.05. The summed E-state index contributed by atoms with van der Waals surface area (Å²) in [7, 11) is 0. The Labute approximate surface area is 122 Å². The number of aromatic nitrogens is 1. The average molecular weight is 297 g/mol. The molecule has 0 aliphatic carbocycles. The summed E-state index contributed by atoms with van der Waals surface area (Å²) in [5, 5.41) is 3.08. The average Bonchev–Trinajstić information content (AvgIpc) is 2.35. The molecule has 0 radical (unpaired) electrons. The van der Waals surface area contributed by atoms with Crippen LogP contribution in [0, 0.1) is 0 Å². The van der Waals surface area contributed by atoms with Gasteiger partial charge in [0.25, 0.3) is 0 Å². The van der Waals surface area contributed by atoms with Gasteiger partial charge in [0.05, 0.1) is 17.8 Å². The molecule has 0 aromatic carbocycles. The summed E-state index contributed by atoms with van der Waals surface area (Å²) in [4.78, 5) is 28.9. The van der Waals surface area contributed by atoms with Crippen LogP contribution in [0.15, 0.2) is 12.1 Å². The number of nitrogens with one attached hydrogen (secondary N) is 1. The second kappa shape index (κ2) is 4.74. The molecule has 0 saturated carbocycles. The molecular formula is C14H17ClN2O3. The van der Waals surface area contributed by atoms with Crippen molar-refractivity contribution in [3.8, 4) is 0 Å². The monoisotopic (exact) mass is 296 g/mol. The Kier molecular flexibility index (Phi) is 3.50. The van der Waals surface area contributed by atoms with Crippen molar-refractivity contribution in [2.24, 2.45) is 0 Å². The van der Waals surface area contributed by atoms with E-state index in [1.807, 2.05) is 13.8 Å². The summed E-state index contributed by atoms with van der Waals surface area (Å²) in [6.07, 6.45) is 0. The fraction of sp³-hybridized carbons (Fsp3) is 0.500. The molecule has 1 atom stereocenters. The third-order valence-corrected chi connectivity index (χ3v) is 3.78. The SMILES string of the molecule is CCOC(=O)C1(C)C(=O)NC(C)(C)c2ccc(Cl)nc21. The van der Waals surface area contributed by atoms with Crippen LogP contribution in [0.3, 0.4) is 0 Å². The molecule has 1 aliphatic heterocycles. The van der Waals surface area contributed by atoms with E-state index >= 15 is 0 Å². The van der Waals surface area contributed by atoms with E-state index < -0.39 is 22.8 Å². The van der Waals surface area contributed by atoms with E-state index in [0.29, 0.717) is 5.69 Å². The molecule has 5 nitrogen and oxygen atoms in total. The smallest absolute Gasteiger partial charge is 0.327 e. The molecule has 6 heteroatoms. The first kappa shape index (κ1) is 14.8. The zero-order chi connectivity index (χ0) is 15.1. The van der Waals surface area contributed by atoms with Crippen molar-refractivity contribution in [2.45, 2.75) is 38.6 Å². The largest absolute Gasteiger partial charge is 0.465 e. The third-order valence-electron chi connectivity index (χ3n) is 3.57. The molecule has 1 amide bonds. The third kappa shape index (κ3) is 2.06. The summed E-state index contributed by atoms with van der Waals surface area (Å²) >= 11 is 5.93. The van der Waals surface area contributed by atoms with Gasteiger partial charge in [0.1, 0.15) is 5.15 Å². The van der Waals surface area contributed by atoms with Crippen molar-refractivity contribution in [1.29, 1.82) is 0 Å². The van der Waals surface area contributed by atoms with E-state index in [0.717, 1.165) is 5.56 Å². The fourth-order valence-corrected chi connectivity index (χ4v) is 2.52. The fourth-order valence-electron chi connectivity index (χ4n) is 2.37. The highest BCUT2D eigenvalue weighted by Crippen LogP contribution is 2.38. The molecule has 1 aromatic heterocycles. The summed E-state index contributed by atoms with van der Waals surface area (Å²) in [6.45, 7) is 7.10. The number of carbonyl (C=O) groups is 2. The van der Waals surface area contributed by atoms with E-state index in [9.17, 15) is 9.59 Å². The molecule has 1 aliphatic rings. The summed E-state index contributed by atoms with van der Waals surface area (Å²) in [6, 6.07) is 3.42. The number of halogens is 1. The molecule has 0 saturated heterocycles. The lowest BCUT2D eigenvalue weighted by Crippen LogP contribution is -2.59. The lowest BCUT2D eigenvalue weighted by Gasteiger charge is -2.40. The van der Waals surface area contributed by atoms with Crippen LogP contribution >= 0.6 is 11.6 Å². The van der Waals surface area contributed by atoms with Crippen LogP contribution in [0.1, 0.15) is 39.0 Å². The Morgan fingerprint density at radius 1 is 1.40 bits per heavy atom. The topological polar surface area (TPSA) is 68.3 Å². The second-order valence-electron chi connectivity index (χ2n) is 5.45. The highest BCUT2D eigenvalue weighted by Gasteiger charge is 2.53. The first-order chi connectivity index (χ1) is 9.23. The molecular weight excluding hydrogens is 280 g/mol. The number of hydrogen-bond donors (Lipinski definition) is 1. The van der Waals surface area contributed by atoms with Crippen LogP contribution < -0.4 is 5.32 Å². The van der Waals surface area contributed by atoms with Crippen molar-refractivity contribution in [1.82, 2.24) is 10.3 Å². The lowest BCUT2D eigenvalue weighted by atomic mass is 9.74. The predicted molar refractivity (Wildman–Crippen MR) is 74.4 cm³/mol. The van der Waals surface area contributed by atoms with Gasteiger partial charge < -0.3 is 10.1 Å². The zero-order valence-corrected chi connectivity index (χ0v) is 12.7. The second-order valence-corrected chi connectivity index (χ2v) is 5.84. The Bertz CT molecular complexity index is 586. The number of pyridine rings is 1. The van der Waals surface area contributed by atoms with Crippen molar-refractivity contribution in [3.05, 3.63) is 28.5 Å². The molecule has 1 aromatic rings. The Morgan fingerprint density at radius 3 is 2.65 bits per heavy atom. The lowest BCUT2D eigenvalue weighted by molar-refractivity contribution is -0.155. The normalized spacial score (nSPS) is 23.8. The Balaban J connectivity index is 2.69. The van der Waals surface area contributed by atoms with Gasteiger partial charge in [-0.3, -0.25) is 9.59 Å². The quantitative estimate of drug-likeness (QED) is 0.514. The molecule has 0 fully saturated rings. The van der Waals surface area contributed by atoms with Gasteiger partial charge in [0, 0.05) is 5.56 Å². The molecule has 1 unspecified atom stereocenters. The summed E-state index contributed by atoms with van der Waals surface area (Å²) in [5.41, 5.74) is -0.976. The van der Waals surface area contributed by atoms with E-state index in [4.69, 9.17) is 16.3 Å². The molecule has 0 spiro atoms. The van der Waals surface area contributed by atoms with Crippen LogP contribution in [0.2, 0.25) is 5.15 Å². The maximum absolute atomic E-state index is 12.4. The van der Waals surface area contributed by atoms with Gasteiger partial charge in [-0.25, -0.2) is 4.98 Å². The van der Waals surface area contributed by atoms with Gasteiger partial charge in [-0.15, -0.1) is 0 Å². The van der Waals surface area contributed by atoms with Gasteiger partial charge in [0.2, 0.25) is 5.91 Å². The molecule has 2 rings (SSSR count). The number of nitrogens with zero attached hydrogens (tertiary/aromatic N) is 1. The van der Waals surface area contributed by atoms with Gasteiger partial charge in [0.15, 0.2) is 5.41 Å². The number of carbonyl (C=O) groups excluding carboxylic acids is 2. The zero-order valence-electron chi connectivity index (χ0n) is 11.9. The molecule has 0 bridgehead atoms. The first-order valence-electron chi connectivity index (χ1n) is 6.41. The van der Waals surface area contributed by atoms with Gasteiger partial charge in [-0.05, 0) is 33.8 Å². The van der Waals surface area contributed by atoms with E-state index in [-0.39, 0.29) is 11.8 Å². The van der Waals surface area contributed by atoms with Crippen LogP contribution in [0.5, 0.6) is 0 Å². The van der Waals surface area contributed by atoms with Crippen molar-refractivity contribution in [3.63, 3.8) is 0 Å². The molecule has 2 heterocycles. The number of amides is 1. The highest BCUT2D eigenvalue weighted by molar-refractivity contribution is 6.29. The highest BCUT2D eigenvalue weighted by atomic mass is 35.5. The number of esters is 1. The van der Waals surface area contributed by atoms with Crippen molar-refractivity contribution >= 4 is 23.5 Å². The van der Waals surface area contributed by atoms with Crippen LogP contribution in [-0.2, 0) is 25.3 Å². The maximum Gasteiger partial charge on any atom is 0.327 e. The number of rotatable bonds is 2. The summed E-state index contributed by atoms with van der Waals surface area (Å²) < 4.78 is 5.04. The molecule has 20 heavy (non-hydrogen) atoms. The van der Waals surface area contributed by atoms with Crippen molar-refractivity contribution < 1.29 is 14.3 Å². The van der Waals surface area contributed by atoms with E-state index in [2.05, 4.69) is 10.3 Å². The van der Waals surface area contributed by atoms with Crippen LogP contribution in [0.25, 0.3) is 0 Å². The molecule has 1 N–H and O–H groups in total. The van der Waals surface area contributed by atoms with Gasteiger partial charge in [-0.1, -0.05) is 17.7 Å². The number of ether oxygens (including phenoxy) is 1. The number of hydrogen-bond acceptors (Lipinski definition) is 4. The van der Waals surface area contributed by atoms with E-state index in [1.165, 1.54) is 6.92 Å². The maximum atomic E-state index is 12.4.